The van der Waals surface area contributed by atoms with E-state index in [1.165, 1.54) is 0 Å². The largest absolute Gasteiger partial charge is 0.341 e. The molecule has 1 atom stereocenters. The number of thioether (sulfide) groups is 1. The van der Waals surface area contributed by atoms with E-state index in [0.717, 1.165) is 44.5 Å². The number of hydrogen-bond acceptors (Lipinski definition) is 3. The highest BCUT2D eigenvalue weighted by atomic mass is 32.2. The van der Waals surface area contributed by atoms with E-state index in [2.05, 4.69) is 13.8 Å². The van der Waals surface area contributed by atoms with Gasteiger partial charge in [0.05, 0.1) is 6.04 Å². The standard InChI is InChI=1S/C13H26N2OS/c1-4-13(5-2)7-8-15(10-13)12(16)11(14)6-9-17-3/h11H,4-10,14H2,1-3H3/t11-/m0/s1. The Hall–Kier alpha value is -0.220. The van der Waals surface area contributed by atoms with Crippen LogP contribution >= 0.6 is 11.8 Å². The van der Waals surface area contributed by atoms with Crippen LogP contribution in [0.2, 0.25) is 0 Å². The predicted octanol–water partition coefficient (Wildman–Crippen LogP) is 2.11. The third-order valence-electron chi connectivity index (χ3n) is 4.20. The average molecular weight is 258 g/mol. The minimum atomic E-state index is -0.299. The molecule has 0 aromatic heterocycles. The van der Waals surface area contributed by atoms with Crippen LogP contribution < -0.4 is 5.73 Å². The van der Waals surface area contributed by atoms with Crippen LogP contribution in [0.1, 0.15) is 39.5 Å². The molecule has 0 aromatic rings. The Morgan fingerprint density at radius 1 is 1.47 bits per heavy atom. The molecule has 0 aliphatic carbocycles. The number of amides is 1. The van der Waals surface area contributed by atoms with E-state index >= 15 is 0 Å². The summed E-state index contributed by atoms with van der Waals surface area (Å²) in [5, 5.41) is 0. The third kappa shape index (κ3) is 3.62. The fraction of sp³-hybridized carbons (Fsp3) is 0.923. The zero-order chi connectivity index (χ0) is 12.9. The van der Waals surface area contributed by atoms with Crippen molar-refractivity contribution in [3.05, 3.63) is 0 Å². The number of rotatable bonds is 6. The minimum Gasteiger partial charge on any atom is -0.341 e. The molecule has 1 aliphatic rings. The molecule has 17 heavy (non-hydrogen) atoms. The lowest BCUT2D eigenvalue weighted by Crippen LogP contribution is -2.43. The fourth-order valence-electron chi connectivity index (χ4n) is 2.55. The van der Waals surface area contributed by atoms with Crippen molar-refractivity contribution in [2.24, 2.45) is 11.1 Å². The number of carbonyl (C=O) groups is 1. The molecule has 0 spiro atoms. The van der Waals surface area contributed by atoms with Crippen LogP contribution in [0, 0.1) is 5.41 Å². The van der Waals surface area contributed by atoms with Crippen LogP contribution in [-0.4, -0.2) is 41.9 Å². The van der Waals surface area contributed by atoms with Gasteiger partial charge < -0.3 is 10.6 Å². The zero-order valence-electron chi connectivity index (χ0n) is 11.4. The van der Waals surface area contributed by atoms with Gasteiger partial charge in [-0.2, -0.15) is 11.8 Å². The van der Waals surface area contributed by atoms with Crippen molar-refractivity contribution in [1.29, 1.82) is 0 Å². The molecule has 1 amide bonds. The molecule has 1 aliphatic heterocycles. The Morgan fingerprint density at radius 3 is 2.59 bits per heavy atom. The first kappa shape index (κ1) is 14.8. The van der Waals surface area contributed by atoms with Crippen LogP contribution in [0.4, 0.5) is 0 Å². The van der Waals surface area contributed by atoms with Crippen molar-refractivity contribution in [1.82, 2.24) is 4.90 Å². The summed E-state index contributed by atoms with van der Waals surface area (Å²) in [7, 11) is 0. The quantitative estimate of drug-likeness (QED) is 0.793. The lowest BCUT2D eigenvalue weighted by atomic mass is 9.82. The SMILES string of the molecule is CCC1(CC)CCN(C(=O)[C@@H](N)CCSC)C1. The van der Waals surface area contributed by atoms with Crippen LogP contribution in [0.25, 0.3) is 0 Å². The van der Waals surface area contributed by atoms with Gasteiger partial charge in [-0.25, -0.2) is 0 Å². The molecule has 4 heteroatoms. The summed E-state index contributed by atoms with van der Waals surface area (Å²) in [5.41, 5.74) is 6.31. The van der Waals surface area contributed by atoms with E-state index in [-0.39, 0.29) is 11.9 Å². The monoisotopic (exact) mass is 258 g/mol. The lowest BCUT2D eigenvalue weighted by Gasteiger charge is -2.27. The van der Waals surface area contributed by atoms with Gasteiger partial charge in [0.1, 0.15) is 0 Å². The fourth-order valence-corrected chi connectivity index (χ4v) is 3.04. The van der Waals surface area contributed by atoms with Crippen LogP contribution in [0.5, 0.6) is 0 Å². The first-order chi connectivity index (χ1) is 8.08. The van der Waals surface area contributed by atoms with E-state index in [4.69, 9.17) is 5.73 Å². The highest BCUT2D eigenvalue weighted by Gasteiger charge is 2.37. The van der Waals surface area contributed by atoms with Gasteiger partial charge in [0.15, 0.2) is 0 Å². The molecule has 2 N–H and O–H groups in total. The van der Waals surface area contributed by atoms with E-state index in [1.54, 1.807) is 11.8 Å². The smallest absolute Gasteiger partial charge is 0.239 e. The number of carbonyl (C=O) groups excluding carboxylic acids is 1. The zero-order valence-corrected chi connectivity index (χ0v) is 12.2. The van der Waals surface area contributed by atoms with Gasteiger partial charge in [0.2, 0.25) is 5.91 Å². The number of nitrogens with two attached hydrogens (primary N) is 1. The topological polar surface area (TPSA) is 46.3 Å². The molecule has 0 unspecified atom stereocenters. The average Bonchev–Trinajstić information content (AvgIpc) is 2.80. The van der Waals surface area contributed by atoms with E-state index < -0.39 is 0 Å². The summed E-state index contributed by atoms with van der Waals surface area (Å²) >= 11 is 1.75. The molecular formula is C13H26N2OS. The maximum Gasteiger partial charge on any atom is 0.239 e. The van der Waals surface area contributed by atoms with Crippen LogP contribution in [0.3, 0.4) is 0 Å². The van der Waals surface area contributed by atoms with Crippen molar-refractivity contribution >= 4 is 17.7 Å². The lowest BCUT2D eigenvalue weighted by molar-refractivity contribution is -0.132. The van der Waals surface area contributed by atoms with Crippen molar-refractivity contribution in [3.63, 3.8) is 0 Å². The Morgan fingerprint density at radius 2 is 2.12 bits per heavy atom. The molecule has 3 nitrogen and oxygen atoms in total. The maximum absolute atomic E-state index is 12.2. The summed E-state index contributed by atoms with van der Waals surface area (Å²) in [4.78, 5) is 14.1. The van der Waals surface area contributed by atoms with Crippen LogP contribution in [-0.2, 0) is 4.79 Å². The number of nitrogens with zero attached hydrogens (tertiary/aromatic N) is 1. The van der Waals surface area contributed by atoms with Crippen molar-refractivity contribution in [3.8, 4) is 0 Å². The van der Waals surface area contributed by atoms with Gasteiger partial charge in [-0.05, 0) is 43.1 Å². The molecule has 0 radical (unpaired) electrons. The highest BCUT2D eigenvalue weighted by molar-refractivity contribution is 7.98. The first-order valence-corrected chi connectivity index (χ1v) is 8.01. The molecule has 0 aromatic carbocycles. The van der Waals surface area contributed by atoms with Gasteiger partial charge in [0.25, 0.3) is 0 Å². The normalized spacial score (nSPS) is 20.6. The van der Waals surface area contributed by atoms with Gasteiger partial charge in [-0.3, -0.25) is 4.79 Å². The van der Waals surface area contributed by atoms with E-state index in [0.29, 0.717) is 5.41 Å². The van der Waals surface area contributed by atoms with Crippen molar-refractivity contribution in [2.45, 2.75) is 45.6 Å². The Kier molecular flexibility index (Phi) is 5.80. The summed E-state index contributed by atoms with van der Waals surface area (Å²) in [5.74, 6) is 1.12. The second kappa shape index (κ2) is 6.64. The molecule has 1 rings (SSSR count). The molecule has 0 bridgehead atoms. The Labute approximate surface area is 109 Å². The van der Waals surface area contributed by atoms with Gasteiger partial charge in [-0.15, -0.1) is 0 Å². The van der Waals surface area contributed by atoms with Crippen LogP contribution in [0.15, 0.2) is 0 Å². The second-order valence-electron chi connectivity index (χ2n) is 5.10. The Balaban J connectivity index is 2.50. The number of likely N-dealkylation sites (tertiary alicyclic amines) is 1. The van der Waals surface area contributed by atoms with E-state index in [1.807, 2.05) is 11.2 Å². The molecule has 0 saturated carbocycles. The van der Waals surface area contributed by atoms with Crippen molar-refractivity contribution in [2.75, 3.05) is 25.1 Å². The molecular weight excluding hydrogens is 232 g/mol. The summed E-state index contributed by atoms with van der Waals surface area (Å²) < 4.78 is 0. The predicted molar refractivity (Wildman–Crippen MR) is 75.2 cm³/mol. The summed E-state index contributed by atoms with van der Waals surface area (Å²) in [6.07, 6.45) is 6.30. The molecule has 1 heterocycles. The minimum absolute atomic E-state index is 0.155. The molecule has 100 valence electrons. The van der Waals surface area contributed by atoms with Crippen molar-refractivity contribution < 1.29 is 4.79 Å². The summed E-state index contributed by atoms with van der Waals surface area (Å²) in [6.45, 7) is 6.26. The van der Waals surface area contributed by atoms with Gasteiger partial charge in [-0.1, -0.05) is 13.8 Å². The maximum atomic E-state index is 12.2. The Bertz CT molecular complexity index is 254. The van der Waals surface area contributed by atoms with Gasteiger partial charge in [0, 0.05) is 13.1 Å². The first-order valence-electron chi connectivity index (χ1n) is 6.62. The summed E-state index contributed by atoms with van der Waals surface area (Å²) in [6, 6.07) is -0.299. The third-order valence-corrected chi connectivity index (χ3v) is 4.84. The van der Waals surface area contributed by atoms with Gasteiger partial charge >= 0.3 is 0 Å². The second-order valence-corrected chi connectivity index (χ2v) is 6.09. The molecule has 1 saturated heterocycles. The number of hydrogen-bond donors (Lipinski definition) is 1. The molecule has 1 fully saturated rings. The van der Waals surface area contributed by atoms with E-state index in [9.17, 15) is 4.79 Å². The highest BCUT2D eigenvalue weighted by Crippen LogP contribution is 2.37.